The molecule has 7 heteroatoms. The van der Waals surface area contributed by atoms with Crippen molar-refractivity contribution in [3.63, 3.8) is 0 Å². The van der Waals surface area contributed by atoms with Crippen molar-refractivity contribution in [2.75, 3.05) is 33.2 Å². The van der Waals surface area contributed by atoms with Crippen LogP contribution in [0.4, 0.5) is 9.59 Å². The first-order chi connectivity index (χ1) is 17.5. The van der Waals surface area contributed by atoms with Crippen LogP contribution in [0.15, 0.2) is 24.5 Å². The monoisotopic (exact) mass is 512 g/mol. The van der Waals surface area contributed by atoms with Gasteiger partial charge < -0.3 is 19.9 Å². The molecule has 1 aromatic rings. The Balaban J connectivity index is 1.34. The average Bonchev–Trinajstić information content (AvgIpc) is 2.81. The maximum absolute atomic E-state index is 13.4. The smallest absolute Gasteiger partial charge is 0.410 e. The summed E-state index contributed by atoms with van der Waals surface area (Å²) in [5.41, 5.74) is 1.11. The van der Waals surface area contributed by atoms with Gasteiger partial charge in [-0.15, -0.1) is 0 Å². The van der Waals surface area contributed by atoms with Gasteiger partial charge in [-0.25, -0.2) is 9.59 Å². The van der Waals surface area contributed by atoms with E-state index in [2.05, 4.69) is 17.2 Å². The first-order valence-corrected chi connectivity index (χ1v) is 14.4. The summed E-state index contributed by atoms with van der Waals surface area (Å²) >= 11 is 0. The number of carbonyl (C=O) groups excluding carboxylic acids is 2. The molecule has 1 aromatic heterocycles. The molecular weight excluding hydrogens is 464 g/mol. The lowest BCUT2D eigenvalue weighted by Crippen LogP contribution is -2.50. The molecule has 0 unspecified atom stereocenters. The summed E-state index contributed by atoms with van der Waals surface area (Å²) in [6, 6.07) is 4.04. The third-order valence-electron chi connectivity index (χ3n) is 8.71. The largest absolute Gasteiger partial charge is 0.444 e. The van der Waals surface area contributed by atoms with Crippen LogP contribution in [0.1, 0.15) is 78.2 Å². The second-order valence-corrected chi connectivity index (χ2v) is 13.4. The van der Waals surface area contributed by atoms with Crippen molar-refractivity contribution >= 4 is 12.1 Å². The van der Waals surface area contributed by atoms with E-state index in [1.807, 2.05) is 50.2 Å². The van der Waals surface area contributed by atoms with Gasteiger partial charge in [0.05, 0.1) is 0 Å². The molecule has 4 aliphatic rings. The van der Waals surface area contributed by atoms with Crippen LogP contribution in [-0.2, 0) is 11.2 Å². The van der Waals surface area contributed by atoms with Crippen LogP contribution in [0.5, 0.6) is 0 Å². The fourth-order valence-electron chi connectivity index (χ4n) is 7.35. The van der Waals surface area contributed by atoms with Gasteiger partial charge >= 0.3 is 12.1 Å². The predicted octanol–water partition coefficient (Wildman–Crippen LogP) is 5.75. The molecule has 3 amide bonds. The second-order valence-electron chi connectivity index (χ2n) is 13.4. The molecule has 0 saturated heterocycles. The Labute approximate surface area is 223 Å². The van der Waals surface area contributed by atoms with Crippen LogP contribution in [0.3, 0.4) is 0 Å². The zero-order valence-electron chi connectivity index (χ0n) is 23.7. The third kappa shape index (κ3) is 7.84. The van der Waals surface area contributed by atoms with Crippen molar-refractivity contribution < 1.29 is 14.3 Å². The Kier molecular flexibility index (Phi) is 8.70. The molecule has 5 rings (SSSR count). The molecule has 37 heavy (non-hydrogen) atoms. The summed E-state index contributed by atoms with van der Waals surface area (Å²) < 4.78 is 5.52. The van der Waals surface area contributed by atoms with Crippen molar-refractivity contribution in [2.24, 2.45) is 29.1 Å². The Morgan fingerprint density at radius 3 is 2.22 bits per heavy atom. The molecule has 4 saturated carbocycles. The van der Waals surface area contributed by atoms with Crippen molar-refractivity contribution in [2.45, 2.75) is 84.7 Å². The highest BCUT2D eigenvalue weighted by Gasteiger charge is 2.50. The number of urea groups is 1. The van der Waals surface area contributed by atoms with Gasteiger partial charge in [0.15, 0.2) is 0 Å². The van der Waals surface area contributed by atoms with Gasteiger partial charge in [0.2, 0.25) is 0 Å². The van der Waals surface area contributed by atoms with E-state index in [0.717, 1.165) is 37.1 Å². The second kappa shape index (κ2) is 11.6. The summed E-state index contributed by atoms with van der Waals surface area (Å²) in [7, 11) is 1.75. The molecule has 7 nitrogen and oxygen atoms in total. The molecule has 1 heterocycles. The SMILES string of the molecule is C[C@H](CNC(=O)N(CCN(C)C(=O)OC(C)(C)C)CCC12CC3CC(CC(C3)C1)C2)Cc1ccncc1. The minimum Gasteiger partial charge on any atom is -0.444 e. The molecule has 4 aliphatic carbocycles. The number of carbonyl (C=O) groups is 2. The normalized spacial score (nSPS) is 27.0. The fourth-order valence-corrected chi connectivity index (χ4v) is 7.35. The van der Waals surface area contributed by atoms with Crippen LogP contribution < -0.4 is 5.32 Å². The number of nitrogens with zero attached hydrogens (tertiary/aromatic N) is 3. The number of hydrogen-bond acceptors (Lipinski definition) is 4. The number of ether oxygens (including phenoxy) is 1. The van der Waals surface area contributed by atoms with E-state index >= 15 is 0 Å². The standard InChI is InChI=1S/C30H48N4O3/c1-22(14-23-6-9-31-10-7-23)21-32-27(35)34(13-12-33(5)28(36)37-29(2,3)4)11-8-30-18-24-15-25(19-30)17-26(16-24)20-30/h6-7,9-10,22,24-26H,8,11-21H2,1-5H3,(H,32,35)/t22-,24?,25?,26?,30?/m0/s1. The Bertz CT molecular complexity index is 878. The maximum atomic E-state index is 13.4. The summed E-state index contributed by atoms with van der Waals surface area (Å²) in [4.78, 5) is 33.5. The van der Waals surface area contributed by atoms with Crippen molar-refractivity contribution in [3.05, 3.63) is 30.1 Å². The Morgan fingerprint density at radius 2 is 1.65 bits per heavy atom. The van der Waals surface area contributed by atoms with E-state index in [1.54, 1.807) is 11.9 Å². The molecule has 4 fully saturated rings. The highest BCUT2D eigenvalue weighted by Crippen LogP contribution is 2.61. The highest BCUT2D eigenvalue weighted by atomic mass is 16.6. The number of likely N-dealkylation sites (N-methyl/N-ethyl adjacent to an activating group) is 1. The maximum Gasteiger partial charge on any atom is 0.410 e. The molecule has 0 aliphatic heterocycles. The van der Waals surface area contributed by atoms with Crippen LogP contribution in [0.2, 0.25) is 0 Å². The first-order valence-electron chi connectivity index (χ1n) is 14.4. The number of amides is 3. The van der Waals surface area contributed by atoms with Gasteiger partial charge in [0.25, 0.3) is 0 Å². The van der Waals surface area contributed by atoms with Crippen LogP contribution in [-0.4, -0.2) is 65.7 Å². The molecule has 1 atom stereocenters. The van der Waals surface area contributed by atoms with Gasteiger partial charge in [-0.3, -0.25) is 4.98 Å². The number of nitrogens with one attached hydrogen (secondary N) is 1. The van der Waals surface area contributed by atoms with Crippen molar-refractivity contribution in [1.82, 2.24) is 20.1 Å². The van der Waals surface area contributed by atoms with E-state index < -0.39 is 5.60 Å². The molecule has 0 radical (unpaired) electrons. The summed E-state index contributed by atoms with van der Waals surface area (Å²) in [5.74, 6) is 3.03. The lowest BCUT2D eigenvalue weighted by Gasteiger charge is -2.57. The van der Waals surface area contributed by atoms with Crippen molar-refractivity contribution in [1.29, 1.82) is 0 Å². The molecular formula is C30H48N4O3. The van der Waals surface area contributed by atoms with Gasteiger partial charge in [-0.1, -0.05) is 6.92 Å². The summed E-state index contributed by atoms with van der Waals surface area (Å²) in [6.45, 7) is 10.1. The van der Waals surface area contributed by atoms with E-state index in [1.165, 1.54) is 44.1 Å². The molecule has 4 bridgehead atoms. The number of rotatable bonds is 10. The fraction of sp³-hybridized carbons (Fsp3) is 0.767. The van der Waals surface area contributed by atoms with Gasteiger partial charge in [-0.2, -0.15) is 0 Å². The lowest BCUT2D eigenvalue weighted by atomic mass is 9.49. The number of pyridine rings is 1. The molecule has 0 spiro atoms. The Hall–Kier alpha value is -2.31. The van der Waals surface area contributed by atoms with Gasteiger partial charge in [0, 0.05) is 45.6 Å². The van der Waals surface area contributed by atoms with E-state index in [-0.39, 0.29) is 12.1 Å². The van der Waals surface area contributed by atoms with Crippen LogP contribution in [0, 0.1) is 29.1 Å². The quantitative estimate of drug-likeness (QED) is 0.433. The predicted molar refractivity (Wildman–Crippen MR) is 146 cm³/mol. The topological polar surface area (TPSA) is 74.8 Å². The van der Waals surface area contributed by atoms with Crippen molar-refractivity contribution in [3.8, 4) is 0 Å². The first kappa shape index (κ1) is 27.7. The van der Waals surface area contributed by atoms with Gasteiger partial charge in [-0.05, 0) is 119 Å². The molecule has 0 aromatic carbocycles. The van der Waals surface area contributed by atoms with Crippen LogP contribution >= 0.6 is 0 Å². The molecule has 206 valence electrons. The minimum absolute atomic E-state index is 0.0242. The average molecular weight is 513 g/mol. The highest BCUT2D eigenvalue weighted by molar-refractivity contribution is 5.74. The zero-order chi connectivity index (χ0) is 26.6. The number of hydrogen-bond donors (Lipinski definition) is 1. The number of aromatic nitrogens is 1. The van der Waals surface area contributed by atoms with Gasteiger partial charge in [0.1, 0.15) is 5.60 Å². The summed E-state index contributed by atoms with van der Waals surface area (Å²) in [5, 5.41) is 3.19. The lowest BCUT2D eigenvalue weighted by molar-refractivity contribution is -0.0597. The van der Waals surface area contributed by atoms with Crippen LogP contribution in [0.25, 0.3) is 0 Å². The zero-order valence-corrected chi connectivity index (χ0v) is 23.7. The van der Waals surface area contributed by atoms with E-state index in [0.29, 0.717) is 31.0 Å². The minimum atomic E-state index is -0.536. The Morgan fingerprint density at radius 1 is 1.05 bits per heavy atom. The van der Waals surface area contributed by atoms with E-state index in [4.69, 9.17) is 4.74 Å². The van der Waals surface area contributed by atoms with E-state index in [9.17, 15) is 9.59 Å². The third-order valence-corrected chi connectivity index (χ3v) is 8.71. The molecule has 1 N–H and O–H groups in total. The summed E-state index contributed by atoms with van der Waals surface area (Å²) in [6.07, 6.45) is 13.6.